The average Bonchev–Trinajstić information content (AvgIpc) is 3.60. The van der Waals surface area contributed by atoms with Gasteiger partial charge in [-0.25, -0.2) is 9.97 Å². The van der Waals surface area contributed by atoms with Crippen molar-refractivity contribution in [3.8, 4) is 11.5 Å². The first-order valence-corrected chi connectivity index (χ1v) is 14.8. The number of nitrogens with zero attached hydrogens (tertiary/aromatic N) is 6. The lowest BCUT2D eigenvalue weighted by Crippen LogP contribution is -2.44. The molecule has 0 aliphatic carbocycles. The Hall–Kier alpha value is -4.28. The van der Waals surface area contributed by atoms with Crippen LogP contribution in [0, 0.1) is 5.92 Å². The molecule has 4 aromatic heterocycles. The summed E-state index contributed by atoms with van der Waals surface area (Å²) in [6.07, 6.45) is 13.0. The second-order valence-electron chi connectivity index (χ2n) is 11.5. The van der Waals surface area contributed by atoms with Crippen LogP contribution in [0.1, 0.15) is 31.7 Å². The predicted molar refractivity (Wildman–Crippen MR) is 171 cm³/mol. The van der Waals surface area contributed by atoms with E-state index in [0.717, 1.165) is 95.6 Å². The minimum Gasteiger partial charge on any atom is -0.358 e. The van der Waals surface area contributed by atoms with Crippen molar-refractivity contribution in [3.63, 3.8) is 0 Å². The Morgan fingerprint density at radius 3 is 2.79 bits per heavy atom. The van der Waals surface area contributed by atoms with Gasteiger partial charge in [0.1, 0.15) is 11.2 Å². The van der Waals surface area contributed by atoms with Gasteiger partial charge < -0.3 is 25.4 Å². The molecule has 2 fully saturated rings. The quantitative estimate of drug-likeness (QED) is 0.258. The third kappa shape index (κ3) is 6.14. The Balaban J connectivity index is 1.19. The maximum Gasteiger partial charge on any atom is 0.159 e. The fourth-order valence-corrected chi connectivity index (χ4v) is 5.71. The number of hydrogen-bond donors (Lipinski definition) is 4. The van der Waals surface area contributed by atoms with E-state index < -0.39 is 0 Å². The van der Waals surface area contributed by atoms with Gasteiger partial charge in [0.2, 0.25) is 0 Å². The SMILES string of the molecule is C=C(CC1CCNCC1)Nc1cncc(/C(C)=C/C=c2/[nH]nc(-c3nc4c(N5CCN(C)CC5)nccc4[nH]3)c2=C)c1. The Morgan fingerprint density at radius 2 is 1.98 bits per heavy atom. The number of aromatic amines is 2. The van der Waals surface area contributed by atoms with E-state index in [-0.39, 0.29) is 0 Å². The number of imidazole rings is 1. The molecule has 2 aliphatic heterocycles. The molecule has 4 aromatic rings. The molecule has 0 bridgehead atoms. The molecule has 2 aliphatic rings. The van der Waals surface area contributed by atoms with Gasteiger partial charge in [-0.2, -0.15) is 5.10 Å². The van der Waals surface area contributed by atoms with Crippen molar-refractivity contribution in [2.45, 2.75) is 26.2 Å². The normalized spacial score (nSPS) is 17.7. The summed E-state index contributed by atoms with van der Waals surface area (Å²) in [6, 6.07) is 4.07. The molecule has 0 saturated carbocycles. The highest BCUT2D eigenvalue weighted by molar-refractivity contribution is 5.88. The van der Waals surface area contributed by atoms with Crippen LogP contribution < -0.4 is 26.1 Å². The number of anilines is 2. The third-order valence-corrected chi connectivity index (χ3v) is 8.32. The van der Waals surface area contributed by atoms with Crippen LogP contribution >= 0.6 is 0 Å². The molecule has 42 heavy (non-hydrogen) atoms. The van der Waals surface area contributed by atoms with Crippen LogP contribution in [0.5, 0.6) is 0 Å². The van der Waals surface area contributed by atoms with Crippen LogP contribution in [0.4, 0.5) is 11.5 Å². The number of allylic oxidation sites excluding steroid dienone is 3. The van der Waals surface area contributed by atoms with E-state index in [0.29, 0.717) is 17.4 Å². The summed E-state index contributed by atoms with van der Waals surface area (Å²) in [5.74, 6) is 2.28. The molecule has 0 radical (unpaired) electrons. The molecule has 0 atom stereocenters. The van der Waals surface area contributed by atoms with Crippen molar-refractivity contribution < 1.29 is 0 Å². The van der Waals surface area contributed by atoms with Crippen molar-refractivity contribution in [1.82, 2.24) is 40.3 Å². The van der Waals surface area contributed by atoms with E-state index in [1.54, 1.807) is 0 Å². The fourth-order valence-electron chi connectivity index (χ4n) is 5.71. The smallest absolute Gasteiger partial charge is 0.159 e. The number of H-pyrrole nitrogens is 2. The van der Waals surface area contributed by atoms with E-state index in [9.17, 15) is 0 Å². The molecule has 218 valence electrons. The molecule has 0 aromatic carbocycles. The summed E-state index contributed by atoms with van der Waals surface area (Å²) in [4.78, 5) is 22.1. The summed E-state index contributed by atoms with van der Waals surface area (Å²) < 4.78 is 0. The molecule has 0 spiro atoms. The second kappa shape index (κ2) is 12.3. The molecule has 10 nitrogen and oxygen atoms in total. The zero-order valence-electron chi connectivity index (χ0n) is 24.6. The van der Waals surface area contributed by atoms with Gasteiger partial charge in [0, 0.05) is 49.5 Å². The minimum absolute atomic E-state index is 0.683. The first-order valence-electron chi connectivity index (χ1n) is 14.8. The highest BCUT2D eigenvalue weighted by Gasteiger charge is 2.20. The minimum atomic E-state index is 0.683. The highest BCUT2D eigenvalue weighted by Crippen LogP contribution is 2.26. The maximum atomic E-state index is 4.91. The van der Waals surface area contributed by atoms with Crippen molar-refractivity contribution in [1.29, 1.82) is 0 Å². The fraction of sp³-hybridized carbons (Fsp3) is 0.375. The van der Waals surface area contributed by atoms with Crippen LogP contribution in [0.15, 0.2) is 49.1 Å². The summed E-state index contributed by atoms with van der Waals surface area (Å²) in [7, 11) is 2.15. The van der Waals surface area contributed by atoms with Crippen molar-refractivity contribution in [3.05, 3.63) is 65.2 Å². The summed E-state index contributed by atoms with van der Waals surface area (Å²) in [6.45, 7) is 16.7. The molecule has 6 heterocycles. The lowest BCUT2D eigenvalue weighted by atomic mass is 9.93. The first-order chi connectivity index (χ1) is 20.4. The number of likely N-dealkylation sites (N-methyl/N-ethyl adjacent to an activating group) is 1. The molecular formula is C32H40N10. The predicted octanol–water partition coefficient (Wildman–Crippen LogP) is 3.10. The van der Waals surface area contributed by atoms with E-state index in [1.807, 2.05) is 30.7 Å². The topological polar surface area (TPSA) is 114 Å². The maximum absolute atomic E-state index is 4.91. The van der Waals surface area contributed by atoms with Gasteiger partial charge in [0.25, 0.3) is 0 Å². The molecule has 10 heteroatoms. The number of aromatic nitrogens is 6. The monoisotopic (exact) mass is 564 g/mol. The number of fused-ring (bicyclic) bond motifs is 1. The van der Waals surface area contributed by atoms with Crippen molar-refractivity contribution >= 4 is 40.8 Å². The van der Waals surface area contributed by atoms with Crippen LogP contribution in [-0.4, -0.2) is 81.3 Å². The van der Waals surface area contributed by atoms with Crippen molar-refractivity contribution in [2.24, 2.45) is 5.92 Å². The first kappa shape index (κ1) is 27.9. The number of piperazine rings is 1. The van der Waals surface area contributed by atoms with E-state index in [1.165, 1.54) is 12.8 Å². The van der Waals surface area contributed by atoms with Crippen LogP contribution in [0.3, 0.4) is 0 Å². The number of piperidine rings is 1. The number of pyridine rings is 2. The molecule has 0 amide bonds. The van der Waals surface area contributed by atoms with E-state index in [4.69, 9.17) is 4.98 Å². The molecular weight excluding hydrogens is 524 g/mol. The van der Waals surface area contributed by atoms with Crippen LogP contribution in [0.25, 0.3) is 40.8 Å². The van der Waals surface area contributed by atoms with Gasteiger partial charge in [-0.05, 0) is 81.6 Å². The van der Waals surface area contributed by atoms with Gasteiger partial charge >= 0.3 is 0 Å². The summed E-state index contributed by atoms with van der Waals surface area (Å²) in [5, 5.41) is 16.2. The summed E-state index contributed by atoms with van der Waals surface area (Å²) in [5.41, 5.74) is 6.62. The van der Waals surface area contributed by atoms with Gasteiger partial charge in [0.15, 0.2) is 11.6 Å². The molecule has 4 N–H and O–H groups in total. The van der Waals surface area contributed by atoms with Gasteiger partial charge in [-0.1, -0.05) is 19.2 Å². The standard InChI is InChI=1S/C32H40N10/c1-21(25-18-26(20-34-19-25)36-22(2)17-24-7-10-33-11-8-24)5-6-27-23(3)29(40-39-27)31-37-28-9-12-35-32(30(28)38-31)42-15-13-41(4)14-16-42/h5-6,9,12,18-20,24,33,36,39H,2-3,7-8,10-11,13-17H2,1,4H3,(H,37,38)/b21-5+,27-6+. The van der Waals surface area contributed by atoms with E-state index in [2.05, 4.69) is 84.9 Å². The lowest BCUT2D eigenvalue weighted by molar-refractivity contribution is 0.312. The zero-order chi connectivity index (χ0) is 29.1. The van der Waals surface area contributed by atoms with Gasteiger partial charge in [0.05, 0.1) is 22.8 Å². The van der Waals surface area contributed by atoms with E-state index >= 15 is 0 Å². The van der Waals surface area contributed by atoms with Gasteiger partial charge in [-0.15, -0.1) is 0 Å². The Labute approximate surface area is 246 Å². The average molecular weight is 565 g/mol. The molecule has 6 rings (SSSR count). The van der Waals surface area contributed by atoms with Gasteiger partial charge in [-0.3, -0.25) is 10.1 Å². The third-order valence-electron chi connectivity index (χ3n) is 8.32. The highest BCUT2D eigenvalue weighted by atomic mass is 15.3. The lowest BCUT2D eigenvalue weighted by Gasteiger charge is -2.33. The van der Waals surface area contributed by atoms with Crippen LogP contribution in [-0.2, 0) is 0 Å². The molecule has 2 saturated heterocycles. The Kier molecular flexibility index (Phi) is 8.16. The van der Waals surface area contributed by atoms with Crippen LogP contribution in [0.2, 0.25) is 0 Å². The largest absolute Gasteiger partial charge is 0.358 e. The Bertz CT molecular complexity index is 1700. The molecule has 0 unspecified atom stereocenters. The second-order valence-corrected chi connectivity index (χ2v) is 11.5. The van der Waals surface area contributed by atoms with Crippen molar-refractivity contribution in [2.75, 3.05) is 56.5 Å². The number of hydrogen-bond acceptors (Lipinski definition) is 8. The Morgan fingerprint density at radius 1 is 1.17 bits per heavy atom. The number of rotatable bonds is 8. The zero-order valence-corrected chi connectivity index (χ0v) is 24.6. The number of nitrogens with one attached hydrogen (secondary N) is 4. The summed E-state index contributed by atoms with van der Waals surface area (Å²) >= 11 is 0.